The number of ether oxygens (including phenoxy) is 2. The van der Waals surface area contributed by atoms with Gasteiger partial charge in [0.2, 0.25) is 0 Å². The number of hydrogen-bond acceptors (Lipinski definition) is 3. The highest BCUT2D eigenvalue weighted by Gasteiger charge is 2.09. The van der Waals surface area contributed by atoms with E-state index in [1.54, 1.807) is 13.2 Å². The molecule has 0 amide bonds. The molecule has 0 aliphatic heterocycles. The third kappa shape index (κ3) is 3.95. The lowest BCUT2D eigenvalue weighted by Gasteiger charge is -2.14. The summed E-state index contributed by atoms with van der Waals surface area (Å²) in [5.74, 6) is 1.15. The summed E-state index contributed by atoms with van der Waals surface area (Å²) in [5, 5.41) is 3.09. The van der Waals surface area contributed by atoms with Crippen LogP contribution in [0.4, 0.5) is 4.39 Å². The van der Waals surface area contributed by atoms with Crippen LogP contribution < -0.4 is 14.8 Å². The topological polar surface area (TPSA) is 30.5 Å². The molecule has 1 N–H and O–H groups in total. The van der Waals surface area contributed by atoms with Gasteiger partial charge in [0.25, 0.3) is 0 Å². The molecule has 2 aromatic rings. The van der Waals surface area contributed by atoms with E-state index in [0.717, 1.165) is 22.6 Å². The Bertz CT molecular complexity index is 619. The van der Waals surface area contributed by atoms with Gasteiger partial charge in [-0.15, -0.1) is 0 Å². The standard InChI is InChI=1S/C16H17BrFNO2/c1-19-9-11-6-7-13(20-2)8-15(11)21-10-12-4-3-5-14(18)16(12)17/h3-8,19H,9-10H2,1-2H3. The van der Waals surface area contributed by atoms with E-state index < -0.39 is 0 Å². The average Bonchev–Trinajstić information content (AvgIpc) is 2.50. The summed E-state index contributed by atoms with van der Waals surface area (Å²) in [7, 11) is 3.48. The van der Waals surface area contributed by atoms with Gasteiger partial charge in [0.05, 0.1) is 11.6 Å². The van der Waals surface area contributed by atoms with Crippen LogP contribution >= 0.6 is 15.9 Å². The van der Waals surface area contributed by atoms with Crippen LogP contribution in [0.15, 0.2) is 40.9 Å². The van der Waals surface area contributed by atoms with E-state index in [4.69, 9.17) is 9.47 Å². The minimum Gasteiger partial charge on any atom is -0.497 e. The quantitative estimate of drug-likeness (QED) is 0.854. The fourth-order valence-electron chi connectivity index (χ4n) is 1.95. The second-order valence-corrected chi connectivity index (χ2v) is 5.30. The summed E-state index contributed by atoms with van der Waals surface area (Å²) in [6, 6.07) is 10.6. The van der Waals surface area contributed by atoms with Crippen LogP contribution in [0.2, 0.25) is 0 Å². The first kappa shape index (κ1) is 15.8. The van der Waals surface area contributed by atoms with Crippen molar-refractivity contribution in [2.24, 2.45) is 0 Å². The maximum absolute atomic E-state index is 13.5. The van der Waals surface area contributed by atoms with E-state index in [0.29, 0.717) is 11.0 Å². The van der Waals surface area contributed by atoms with Crippen molar-refractivity contribution >= 4 is 15.9 Å². The number of methoxy groups -OCH3 is 1. The van der Waals surface area contributed by atoms with Gasteiger partial charge < -0.3 is 14.8 Å². The number of halogens is 2. The Hall–Kier alpha value is -1.59. The largest absolute Gasteiger partial charge is 0.497 e. The minimum atomic E-state index is -0.294. The van der Waals surface area contributed by atoms with Crippen molar-refractivity contribution in [3.63, 3.8) is 0 Å². The molecule has 5 heteroatoms. The van der Waals surface area contributed by atoms with Crippen molar-refractivity contribution in [2.75, 3.05) is 14.2 Å². The Labute approximate surface area is 132 Å². The van der Waals surface area contributed by atoms with Crippen LogP contribution in [0, 0.1) is 5.82 Å². The van der Waals surface area contributed by atoms with Gasteiger partial charge in [-0.3, -0.25) is 0 Å². The van der Waals surface area contributed by atoms with Gasteiger partial charge in [-0.1, -0.05) is 18.2 Å². The summed E-state index contributed by atoms with van der Waals surface area (Å²) in [5.41, 5.74) is 1.78. The molecule has 0 spiro atoms. The molecule has 0 saturated carbocycles. The molecule has 112 valence electrons. The predicted molar refractivity (Wildman–Crippen MR) is 84.2 cm³/mol. The average molecular weight is 354 g/mol. The van der Waals surface area contributed by atoms with Gasteiger partial charge in [-0.05, 0) is 35.1 Å². The second kappa shape index (κ2) is 7.43. The van der Waals surface area contributed by atoms with Crippen LogP contribution in [0.5, 0.6) is 11.5 Å². The van der Waals surface area contributed by atoms with Gasteiger partial charge >= 0.3 is 0 Å². The Balaban J connectivity index is 2.20. The van der Waals surface area contributed by atoms with Gasteiger partial charge in [0, 0.05) is 23.7 Å². The Morgan fingerprint density at radius 2 is 2.00 bits per heavy atom. The van der Waals surface area contributed by atoms with Crippen molar-refractivity contribution in [1.29, 1.82) is 0 Å². The van der Waals surface area contributed by atoms with E-state index in [-0.39, 0.29) is 12.4 Å². The van der Waals surface area contributed by atoms with Gasteiger partial charge in [0.1, 0.15) is 23.9 Å². The summed E-state index contributed by atoms with van der Waals surface area (Å²) in [4.78, 5) is 0. The van der Waals surface area contributed by atoms with Gasteiger partial charge in [0.15, 0.2) is 0 Å². The maximum Gasteiger partial charge on any atom is 0.137 e. The molecule has 0 radical (unpaired) electrons. The van der Waals surface area contributed by atoms with E-state index in [1.165, 1.54) is 6.07 Å². The normalized spacial score (nSPS) is 10.5. The van der Waals surface area contributed by atoms with Crippen LogP contribution in [0.3, 0.4) is 0 Å². The number of benzene rings is 2. The highest BCUT2D eigenvalue weighted by molar-refractivity contribution is 9.10. The molecule has 0 atom stereocenters. The third-order valence-electron chi connectivity index (χ3n) is 3.06. The molecule has 0 fully saturated rings. The first-order chi connectivity index (χ1) is 10.2. The zero-order chi connectivity index (χ0) is 15.2. The monoisotopic (exact) mass is 353 g/mol. The first-order valence-corrected chi connectivity index (χ1v) is 7.32. The van der Waals surface area contributed by atoms with Gasteiger partial charge in [-0.25, -0.2) is 4.39 Å². The summed E-state index contributed by atoms with van der Waals surface area (Å²) < 4.78 is 25.0. The highest BCUT2D eigenvalue weighted by atomic mass is 79.9. The SMILES string of the molecule is CNCc1ccc(OC)cc1OCc1cccc(F)c1Br. The number of hydrogen-bond donors (Lipinski definition) is 1. The Morgan fingerprint density at radius 1 is 1.19 bits per heavy atom. The van der Waals surface area contributed by atoms with Crippen LogP contribution in [0.25, 0.3) is 0 Å². The lowest BCUT2D eigenvalue weighted by atomic mass is 10.2. The summed E-state index contributed by atoms with van der Waals surface area (Å²) in [6.45, 7) is 0.964. The minimum absolute atomic E-state index is 0.280. The molecule has 0 aromatic heterocycles. The molecule has 0 heterocycles. The van der Waals surface area contributed by atoms with E-state index in [9.17, 15) is 4.39 Å². The zero-order valence-electron chi connectivity index (χ0n) is 12.0. The second-order valence-electron chi connectivity index (χ2n) is 4.51. The lowest BCUT2D eigenvalue weighted by Crippen LogP contribution is -2.08. The molecule has 21 heavy (non-hydrogen) atoms. The molecule has 0 aliphatic rings. The first-order valence-electron chi connectivity index (χ1n) is 6.53. The third-order valence-corrected chi connectivity index (χ3v) is 3.94. The fourth-order valence-corrected chi connectivity index (χ4v) is 2.33. The highest BCUT2D eigenvalue weighted by Crippen LogP contribution is 2.27. The molecule has 0 aliphatic carbocycles. The van der Waals surface area contributed by atoms with E-state index in [2.05, 4.69) is 21.2 Å². The fraction of sp³-hybridized carbons (Fsp3) is 0.250. The maximum atomic E-state index is 13.5. The summed E-state index contributed by atoms with van der Waals surface area (Å²) in [6.07, 6.45) is 0. The van der Waals surface area contributed by atoms with Crippen molar-refractivity contribution in [3.05, 3.63) is 57.8 Å². The number of nitrogens with one attached hydrogen (secondary N) is 1. The molecule has 0 saturated heterocycles. The van der Waals surface area contributed by atoms with E-state index >= 15 is 0 Å². The molecular weight excluding hydrogens is 337 g/mol. The van der Waals surface area contributed by atoms with Gasteiger partial charge in [-0.2, -0.15) is 0 Å². The lowest BCUT2D eigenvalue weighted by molar-refractivity contribution is 0.298. The molecule has 2 rings (SSSR count). The predicted octanol–water partition coefficient (Wildman–Crippen LogP) is 3.90. The van der Waals surface area contributed by atoms with Crippen molar-refractivity contribution < 1.29 is 13.9 Å². The van der Waals surface area contributed by atoms with Crippen molar-refractivity contribution in [1.82, 2.24) is 5.32 Å². The molecule has 2 aromatic carbocycles. The molecule has 3 nitrogen and oxygen atoms in total. The van der Waals surface area contributed by atoms with Crippen molar-refractivity contribution in [3.8, 4) is 11.5 Å². The molecular formula is C16H17BrFNO2. The van der Waals surface area contributed by atoms with Crippen LogP contribution in [-0.2, 0) is 13.2 Å². The zero-order valence-corrected chi connectivity index (χ0v) is 13.5. The Morgan fingerprint density at radius 3 is 2.71 bits per heavy atom. The van der Waals surface area contributed by atoms with Crippen LogP contribution in [-0.4, -0.2) is 14.2 Å². The Kier molecular flexibility index (Phi) is 5.59. The van der Waals surface area contributed by atoms with Crippen LogP contribution in [0.1, 0.15) is 11.1 Å². The number of rotatable bonds is 6. The smallest absolute Gasteiger partial charge is 0.137 e. The molecule has 0 unspecified atom stereocenters. The van der Waals surface area contributed by atoms with E-state index in [1.807, 2.05) is 31.3 Å². The van der Waals surface area contributed by atoms with Crippen molar-refractivity contribution in [2.45, 2.75) is 13.2 Å². The summed E-state index contributed by atoms with van der Waals surface area (Å²) >= 11 is 3.24. The molecule has 0 bridgehead atoms.